The second-order valence-corrected chi connectivity index (χ2v) is 5.18. The summed E-state index contributed by atoms with van der Waals surface area (Å²) in [6, 6.07) is 13.8. The van der Waals surface area contributed by atoms with Crippen molar-refractivity contribution in [3.8, 4) is 5.75 Å². The SMILES string of the molecule is COCCOc1ccc(C(=O)/C=C\c2ccc(C(=O)OC)cc2)cc1. The van der Waals surface area contributed by atoms with E-state index >= 15 is 0 Å². The molecule has 0 radical (unpaired) electrons. The molecule has 0 heterocycles. The van der Waals surface area contributed by atoms with Crippen LogP contribution in [0, 0.1) is 0 Å². The van der Waals surface area contributed by atoms with Gasteiger partial charge >= 0.3 is 5.97 Å². The van der Waals surface area contributed by atoms with Crippen molar-refractivity contribution in [3.63, 3.8) is 0 Å². The third-order valence-electron chi connectivity index (χ3n) is 3.45. The van der Waals surface area contributed by atoms with E-state index in [1.54, 1.807) is 61.7 Å². The maximum absolute atomic E-state index is 12.2. The second kappa shape index (κ2) is 9.39. The predicted molar refractivity (Wildman–Crippen MR) is 95.0 cm³/mol. The van der Waals surface area contributed by atoms with Gasteiger partial charge in [0.15, 0.2) is 5.78 Å². The minimum absolute atomic E-state index is 0.111. The molecule has 0 atom stereocenters. The van der Waals surface area contributed by atoms with E-state index in [1.807, 2.05) is 0 Å². The molecule has 2 aromatic rings. The molecule has 0 fully saturated rings. The maximum Gasteiger partial charge on any atom is 0.337 e. The topological polar surface area (TPSA) is 61.8 Å². The van der Waals surface area contributed by atoms with Crippen LogP contribution in [0.25, 0.3) is 6.08 Å². The summed E-state index contributed by atoms with van der Waals surface area (Å²) < 4.78 is 15.0. The molecular weight excluding hydrogens is 320 g/mol. The third kappa shape index (κ3) is 5.58. The Labute approximate surface area is 146 Å². The molecule has 0 aliphatic rings. The number of hydrogen-bond acceptors (Lipinski definition) is 5. The van der Waals surface area contributed by atoms with Crippen molar-refractivity contribution in [1.29, 1.82) is 0 Å². The van der Waals surface area contributed by atoms with Crippen LogP contribution < -0.4 is 4.74 Å². The largest absolute Gasteiger partial charge is 0.491 e. The lowest BCUT2D eigenvalue weighted by atomic mass is 10.1. The number of ketones is 1. The highest BCUT2D eigenvalue weighted by molar-refractivity contribution is 6.06. The standard InChI is InChI=1S/C20H20O5/c1-23-13-14-25-18-10-8-16(9-11-18)19(21)12-5-15-3-6-17(7-4-15)20(22)24-2/h3-12H,13-14H2,1-2H3/b12-5-. The van der Waals surface area contributed by atoms with Crippen LogP contribution in [0.1, 0.15) is 26.3 Å². The van der Waals surface area contributed by atoms with Gasteiger partial charge in [-0.25, -0.2) is 4.79 Å². The van der Waals surface area contributed by atoms with Gasteiger partial charge in [0.2, 0.25) is 0 Å². The van der Waals surface area contributed by atoms with E-state index < -0.39 is 0 Å². The van der Waals surface area contributed by atoms with Crippen molar-refractivity contribution in [1.82, 2.24) is 0 Å². The molecule has 0 N–H and O–H groups in total. The number of allylic oxidation sites excluding steroid dienone is 1. The van der Waals surface area contributed by atoms with Crippen LogP contribution in [0.5, 0.6) is 5.75 Å². The van der Waals surface area contributed by atoms with Gasteiger partial charge in [0.1, 0.15) is 12.4 Å². The summed E-state index contributed by atoms with van der Waals surface area (Å²) >= 11 is 0. The molecule has 0 amide bonds. The van der Waals surface area contributed by atoms with E-state index in [0.29, 0.717) is 30.1 Å². The van der Waals surface area contributed by atoms with E-state index in [-0.39, 0.29) is 11.8 Å². The minimum Gasteiger partial charge on any atom is -0.491 e. The van der Waals surface area contributed by atoms with Crippen LogP contribution in [0.15, 0.2) is 54.6 Å². The summed E-state index contributed by atoms with van der Waals surface area (Å²) in [5.41, 5.74) is 1.86. The highest BCUT2D eigenvalue weighted by Crippen LogP contribution is 2.14. The summed E-state index contributed by atoms with van der Waals surface area (Å²) in [5.74, 6) is 0.191. The summed E-state index contributed by atoms with van der Waals surface area (Å²) in [5, 5.41) is 0. The molecule has 5 heteroatoms. The third-order valence-corrected chi connectivity index (χ3v) is 3.45. The van der Waals surface area contributed by atoms with Crippen LogP contribution in [-0.4, -0.2) is 39.2 Å². The lowest BCUT2D eigenvalue weighted by Crippen LogP contribution is -2.04. The molecule has 0 saturated heterocycles. The molecule has 0 aliphatic carbocycles. The first-order valence-electron chi connectivity index (χ1n) is 7.76. The summed E-state index contributed by atoms with van der Waals surface area (Å²) in [6.07, 6.45) is 3.19. The first-order chi connectivity index (χ1) is 12.1. The number of carbonyl (C=O) groups is 2. The van der Waals surface area contributed by atoms with Gasteiger partial charge in [-0.1, -0.05) is 18.2 Å². The van der Waals surface area contributed by atoms with Gasteiger partial charge in [-0.3, -0.25) is 4.79 Å². The van der Waals surface area contributed by atoms with Crippen LogP contribution in [0.4, 0.5) is 0 Å². The average molecular weight is 340 g/mol. The van der Waals surface area contributed by atoms with Gasteiger partial charge in [-0.2, -0.15) is 0 Å². The van der Waals surface area contributed by atoms with Crippen molar-refractivity contribution in [2.75, 3.05) is 27.4 Å². The van der Waals surface area contributed by atoms with Crippen LogP contribution in [0.3, 0.4) is 0 Å². The average Bonchev–Trinajstić information content (AvgIpc) is 2.66. The number of ether oxygens (including phenoxy) is 3. The molecule has 5 nitrogen and oxygen atoms in total. The van der Waals surface area contributed by atoms with E-state index in [1.165, 1.54) is 13.2 Å². The van der Waals surface area contributed by atoms with E-state index in [0.717, 1.165) is 5.56 Å². The van der Waals surface area contributed by atoms with Gasteiger partial charge in [0, 0.05) is 12.7 Å². The predicted octanol–water partition coefficient (Wildman–Crippen LogP) is 3.39. The number of esters is 1. The van der Waals surface area contributed by atoms with Gasteiger partial charge in [0.05, 0.1) is 19.3 Å². The van der Waals surface area contributed by atoms with Gasteiger partial charge in [-0.05, 0) is 48.0 Å². The summed E-state index contributed by atoms with van der Waals surface area (Å²) in [4.78, 5) is 23.6. The minimum atomic E-state index is -0.389. The molecule has 2 aromatic carbocycles. The molecule has 2 rings (SSSR count). The number of carbonyl (C=O) groups excluding carboxylic acids is 2. The zero-order valence-corrected chi connectivity index (χ0v) is 14.2. The first kappa shape index (κ1) is 18.4. The molecule has 0 aromatic heterocycles. The van der Waals surface area contributed by atoms with Crippen molar-refractivity contribution in [2.24, 2.45) is 0 Å². The van der Waals surface area contributed by atoms with E-state index in [4.69, 9.17) is 9.47 Å². The molecule has 0 bridgehead atoms. The number of hydrogen-bond donors (Lipinski definition) is 0. The molecule has 0 saturated carbocycles. The number of benzene rings is 2. The monoisotopic (exact) mass is 340 g/mol. The fourth-order valence-corrected chi connectivity index (χ4v) is 2.07. The van der Waals surface area contributed by atoms with Crippen molar-refractivity contribution in [3.05, 3.63) is 71.3 Å². The fraction of sp³-hybridized carbons (Fsp3) is 0.200. The van der Waals surface area contributed by atoms with Crippen molar-refractivity contribution >= 4 is 17.8 Å². The smallest absolute Gasteiger partial charge is 0.337 e. The zero-order valence-electron chi connectivity index (χ0n) is 14.2. The van der Waals surface area contributed by atoms with E-state index in [9.17, 15) is 9.59 Å². The highest BCUT2D eigenvalue weighted by Gasteiger charge is 2.05. The first-order valence-corrected chi connectivity index (χ1v) is 7.76. The Kier molecular flexibility index (Phi) is 6.92. The van der Waals surface area contributed by atoms with Crippen LogP contribution >= 0.6 is 0 Å². The second-order valence-electron chi connectivity index (χ2n) is 5.18. The maximum atomic E-state index is 12.2. The number of methoxy groups -OCH3 is 2. The summed E-state index contributed by atoms with van der Waals surface area (Å²) in [6.45, 7) is 0.976. The van der Waals surface area contributed by atoms with Crippen molar-refractivity contribution in [2.45, 2.75) is 0 Å². The van der Waals surface area contributed by atoms with Gasteiger partial charge in [-0.15, -0.1) is 0 Å². The molecule has 130 valence electrons. The number of rotatable bonds is 8. The summed E-state index contributed by atoms with van der Waals surface area (Å²) in [7, 11) is 2.95. The fourth-order valence-electron chi connectivity index (χ4n) is 2.07. The van der Waals surface area contributed by atoms with E-state index in [2.05, 4.69) is 4.74 Å². The zero-order chi connectivity index (χ0) is 18.1. The lowest BCUT2D eigenvalue weighted by molar-refractivity contribution is 0.0600. The van der Waals surface area contributed by atoms with Gasteiger partial charge < -0.3 is 14.2 Å². The molecular formula is C20H20O5. The lowest BCUT2D eigenvalue weighted by Gasteiger charge is -2.05. The van der Waals surface area contributed by atoms with Crippen LogP contribution in [-0.2, 0) is 9.47 Å². The molecule has 25 heavy (non-hydrogen) atoms. The Balaban J connectivity index is 1.96. The normalized spacial score (nSPS) is 10.6. The Morgan fingerprint density at radius 2 is 1.52 bits per heavy atom. The molecule has 0 unspecified atom stereocenters. The molecule has 0 spiro atoms. The Morgan fingerprint density at radius 1 is 0.880 bits per heavy atom. The molecule has 0 aliphatic heterocycles. The quantitative estimate of drug-likeness (QED) is 0.319. The van der Waals surface area contributed by atoms with Crippen LogP contribution in [0.2, 0.25) is 0 Å². The Morgan fingerprint density at radius 3 is 2.12 bits per heavy atom. The van der Waals surface area contributed by atoms with Crippen molar-refractivity contribution < 1.29 is 23.8 Å². The Hall–Kier alpha value is -2.92. The Bertz CT molecular complexity index is 730. The van der Waals surface area contributed by atoms with Gasteiger partial charge in [0.25, 0.3) is 0 Å². The highest BCUT2D eigenvalue weighted by atomic mass is 16.5.